The molecule has 2 heterocycles. The van der Waals surface area contributed by atoms with Crippen molar-refractivity contribution >= 4 is 29.7 Å². The Balaban J connectivity index is 1.52. The van der Waals surface area contributed by atoms with E-state index in [1.807, 2.05) is 41.3 Å². The second-order valence-corrected chi connectivity index (χ2v) is 7.10. The summed E-state index contributed by atoms with van der Waals surface area (Å²) in [5.41, 5.74) is 4.50. The van der Waals surface area contributed by atoms with E-state index in [9.17, 15) is 0 Å². The molecule has 0 bridgehead atoms. The van der Waals surface area contributed by atoms with Gasteiger partial charge in [0, 0.05) is 18.8 Å². The minimum absolute atomic E-state index is 0.0600. The molecular formula is C23H24N8O3. The van der Waals surface area contributed by atoms with Crippen molar-refractivity contribution < 1.29 is 14.2 Å². The number of hydrogen-bond acceptors (Lipinski definition) is 11. The van der Waals surface area contributed by atoms with Gasteiger partial charge in [-0.15, -0.1) is 0 Å². The highest BCUT2D eigenvalue weighted by Gasteiger charge is 2.16. The zero-order chi connectivity index (χ0) is 23.6. The highest BCUT2D eigenvalue weighted by atomic mass is 16.5. The maximum atomic E-state index is 8.70. The van der Waals surface area contributed by atoms with Gasteiger partial charge in [-0.3, -0.25) is 0 Å². The number of morpholine rings is 1. The number of nitriles is 1. The van der Waals surface area contributed by atoms with Crippen LogP contribution in [0.2, 0.25) is 0 Å². The van der Waals surface area contributed by atoms with E-state index in [0.29, 0.717) is 55.6 Å². The molecule has 1 aromatic heterocycles. The molecule has 0 spiro atoms. The fraction of sp³-hybridized carbons (Fsp3) is 0.261. The zero-order valence-electron chi connectivity index (χ0n) is 18.6. The molecule has 1 aliphatic rings. The Morgan fingerprint density at radius 3 is 2.65 bits per heavy atom. The molecule has 1 saturated heterocycles. The van der Waals surface area contributed by atoms with E-state index in [0.717, 1.165) is 11.3 Å². The Morgan fingerprint density at radius 1 is 1.09 bits per heavy atom. The number of aromatic nitrogens is 3. The fourth-order valence-electron chi connectivity index (χ4n) is 3.18. The van der Waals surface area contributed by atoms with Crippen molar-refractivity contribution in [1.82, 2.24) is 15.0 Å². The number of nitrogens with one attached hydrogen (secondary N) is 2. The highest BCUT2D eigenvalue weighted by Crippen LogP contribution is 2.27. The van der Waals surface area contributed by atoms with Crippen LogP contribution in [-0.4, -0.2) is 61.2 Å². The molecule has 1 aliphatic heterocycles. The van der Waals surface area contributed by atoms with Crippen LogP contribution >= 0.6 is 0 Å². The maximum absolute atomic E-state index is 8.70. The van der Waals surface area contributed by atoms with Crippen molar-refractivity contribution in [2.45, 2.75) is 0 Å². The van der Waals surface area contributed by atoms with Gasteiger partial charge in [-0.2, -0.15) is 25.3 Å². The number of nitrogens with zero attached hydrogens (tertiary/aromatic N) is 6. The quantitative estimate of drug-likeness (QED) is 0.363. The SMILES string of the molecule is COc1cc(/C=N\Nc2nc(Nc3ccccc3)nc(N3CCOCC3)n2)ccc1OCC#N. The first-order valence-corrected chi connectivity index (χ1v) is 10.6. The number of anilines is 4. The smallest absolute Gasteiger partial charge is 0.250 e. The van der Waals surface area contributed by atoms with Gasteiger partial charge in [0.05, 0.1) is 26.5 Å². The summed E-state index contributed by atoms with van der Waals surface area (Å²) >= 11 is 0. The van der Waals surface area contributed by atoms with Crippen LogP contribution in [0.25, 0.3) is 0 Å². The molecule has 0 unspecified atom stereocenters. The van der Waals surface area contributed by atoms with Crippen molar-refractivity contribution in [2.24, 2.45) is 5.10 Å². The van der Waals surface area contributed by atoms with Gasteiger partial charge in [0.1, 0.15) is 6.07 Å². The zero-order valence-corrected chi connectivity index (χ0v) is 18.6. The molecule has 0 aliphatic carbocycles. The third-order valence-corrected chi connectivity index (χ3v) is 4.81. The van der Waals surface area contributed by atoms with E-state index >= 15 is 0 Å². The van der Waals surface area contributed by atoms with Gasteiger partial charge in [0.15, 0.2) is 18.1 Å². The van der Waals surface area contributed by atoms with Gasteiger partial charge in [-0.1, -0.05) is 18.2 Å². The molecule has 2 aromatic carbocycles. The van der Waals surface area contributed by atoms with Crippen LogP contribution in [0.1, 0.15) is 5.56 Å². The average molecular weight is 460 g/mol. The standard InChI is InChI=1S/C23H24N8O3/c1-32-20-15-17(7-8-19(20)34-12-9-24)16-25-30-22-27-21(26-18-5-3-2-4-6-18)28-23(29-22)31-10-13-33-14-11-31/h2-8,15-16H,10-14H2,1H3,(H2,26,27,28,29,30)/b25-16-. The van der Waals surface area contributed by atoms with Crippen molar-refractivity contribution in [3.05, 3.63) is 54.1 Å². The minimum Gasteiger partial charge on any atom is -0.493 e. The molecule has 34 heavy (non-hydrogen) atoms. The fourth-order valence-corrected chi connectivity index (χ4v) is 3.18. The second-order valence-electron chi connectivity index (χ2n) is 7.10. The van der Waals surface area contributed by atoms with Crippen molar-refractivity contribution in [3.63, 3.8) is 0 Å². The summed E-state index contributed by atoms with van der Waals surface area (Å²) in [6.45, 7) is 2.55. The number of methoxy groups -OCH3 is 1. The van der Waals surface area contributed by atoms with Crippen molar-refractivity contribution in [3.8, 4) is 17.6 Å². The molecule has 4 rings (SSSR count). The summed E-state index contributed by atoms with van der Waals surface area (Å²) in [7, 11) is 1.53. The Bertz CT molecular complexity index is 1160. The lowest BCUT2D eigenvalue weighted by Crippen LogP contribution is -2.37. The number of ether oxygens (including phenoxy) is 3. The van der Waals surface area contributed by atoms with E-state index < -0.39 is 0 Å². The van der Waals surface area contributed by atoms with Crippen LogP contribution in [0.4, 0.5) is 23.5 Å². The molecule has 3 aromatic rings. The lowest BCUT2D eigenvalue weighted by molar-refractivity contribution is 0.122. The second kappa shape index (κ2) is 11.4. The number of rotatable bonds is 9. The Kier molecular flexibility index (Phi) is 7.66. The van der Waals surface area contributed by atoms with Crippen LogP contribution in [-0.2, 0) is 4.74 Å². The van der Waals surface area contributed by atoms with Crippen molar-refractivity contribution in [2.75, 3.05) is 55.7 Å². The topological polar surface area (TPSA) is 130 Å². The molecule has 0 radical (unpaired) electrons. The molecule has 1 fully saturated rings. The molecule has 0 atom stereocenters. The Labute approximate surface area is 197 Å². The minimum atomic E-state index is -0.0600. The molecule has 11 nitrogen and oxygen atoms in total. The number of benzene rings is 2. The van der Waals surface area contributed by atoms with Gasteiger partial charge < -0.3 is 24.4 Å². The van der Waals surface area contributed by atoms with Crippen molar-refractivity contribution in [1.29, 1.82) is 5.26 Å². The van der Waals surface area contributed by atoms with E-state index in [-0.39, 0.29) is 6.61 Å². The summed E-state index contributed by atoms with van der Waals surface area (Å²) in [5.74, 6) is 2.23. The Morgan fingerprint density at radius 2 is 1.88 bits per heavy atom. The maximum Gasteiger partial charge on any atom is 0.250 e. The largest absolute Gasteiger partial charge is 0.493 e. The molecule has 174 valence electrons. The summed E-state index contributed by atoms with van der Waals surface area (Å²) in [6, 6.07) is 16.9. The summed E-state index contributed by atoms with van der Waals surface area (Å²) in [5, 5.41) is 16.2. The molecule has 2 N–H and O–H groups in total. The van der Waals surface area contributed by atoms with E-state index in [2.05, 4.69) is 30.8 Å². The molecular weight excluding hydrogens is 436 g/mol. The molecule has 0 amide bonds. The van der Waals surface area contributed by atoms with E-state index in [1.165, 1.54) is 7.11 Å². The van der Waals surface area contributed by atoms with Gasteiger partial charge in [-0.25, -0.2) is 5.43 Å². The molecule has 0 saturated carbocycles. The van der Waals surface area contributed by atoms with Gasteiger partial charge in [-0.05, 0) is 35.9 Å². The number of hydrazone groups is 1. The Hall–Kier alpha value is -4.43. The average Bonchev–Trinajstić information content (AvgIpc) is 2.89. The van der Waals surface area contributed by atoms with Gasteiger partial charge in [0.25, 0.3) is 0 Å². The highest BCUT2D eigenvalue weighted by molar-refractivity contribution is 5.81. The predicted octanol–water partition coefficient (Wildman–Crippen LogP) is 2.81. The third kappa shape index (κ3) is 6.08. The first-order valence-electron chi connectivity index (χ1n) is 10.6. The van der Waals surface area contributed by atoms with E-state index in [1.54, 1.807) is 24.4 Å². The third-order valence-electron chi connectivity index (χ3n) is 4.81. The van der Waals surface area contributed by atoms with Crippen LogP contribution in [0.3, 0.4) is 0 Å². The number of para-hydroxylation sites is 1. The number of hydrogen-bond donors (Lipinski definition) is 2. The van der Waals surface area contributed by atoms with E-state index in [4.69, 9.17) is 19.5 Å². The van der Waals surface area contributed by atoms with Crippen LogP contribution in [0.15, 0.2) is 53.6 Å². The van der Waals surface area contributed by atoms with Crippen LogP contribution < -0.4 is 25.1 Å². The monoisotopic (exact) mass is 460 g/mol. The van der Waals surface area contributed by atoms with Gasteiger partial charge in [0.2, 0.25) is 17.8 Å². The summed E-state index contributed by atoms with van der Waals surface area (Å²) in [6.07, 6.45) is 1.61. The lowest BCUT2D eigenvalue weighted by Gasteiger charge is -2.27. The van der Waals surface area contributed by atoms with Crippen LogP contribution in [0, 0.1) is 11.3 Å². The summed E-state index contributed by atoms with van der Waals surface area (Å²) < 4.78 is 16.1. The lowest BCUT2D eigenvalue weighted by atomic mass is 10.2. The van der Waals surface area contributed by atoms with Gasteiger partial charge >= 0.3 is 0 Å². The first-order chi connectivity index (χ1) is 16.7. The normalized spacial score (nSPS) is 13.4. The van der Waals surface area contributed by atoms with Crippen LogP contribution in [0.5, 0.6) is 11.5 Å². The predicted molar refractivity (Wildman–Crippen MR) is 128 cm³/mol. The molecule has 11 heteroatoms. The summed E-state index contributed by atoms with van der Waals surface area (Å²) in [4.78, 5) is 15.6. The first kappa shape index (κ1) is 22.8.